The second-order valence-corrected chi connectivity index (χ2v) is 4.90. The number of ether oxygens (including phenoxy) is 2. The lowest BCUT2D eigenvalue weighted by atomic mass is 10.2. The molecule has 0 spiro atoms. The van der Waals surface area contributed by atoms with Gasteiger partial charge in [-0.05, 0) is 27.2 Å². The van der Waals surface area contributed by atoms with Crippen LogP contribution in [0.15, 0.2) is 0 Å². The number of hydrogen-bond acceptors (Lipinski definition) is 4. The minimum atomic E-state index is -0.444. The quantitative estimate of drug-likeness (QED) is 0.669. The third kappa shape index (κ3) is 10.1. The van der Waals surface area contributed by atoms with Crippen LogP contribution in [0.2, 0.25) is 0 Å². The molecule has 0 aliphatic heterocycles. The highest BCUT2D eigenvalue weighted by molar-refractivity contribution is 5.67. The van der Waals surface area contributed by atoms with E-state index < -0.39 is 5.60 Å². The second-order valence-electron chi connectivity index (χ2n) is 4.90. The monoisotopic (exact) mass is 246 g/mol. The third-order valence-corrected chi connectivity index (χ3v) is 2.13. The molecule has 1 amide bonds. The van der Waals surface area contributed by atoms with Crippen molar-refractivity contribution in [1.82, 2.24) is 10.6 Å². The van der Waals surface area contributed by atoms with Crippen molar-refractivity contribution >= 4 is 6.09 Å². The molecule has 0 fully saturated rings. The van der Waals surface area contributed by atoms with E-state index in [2.05, 4.69) is 17.6 Å². The Hall–Kier alpha value is -0.810. The molecule has 17 heavy (non-hydrogen) atoms. The minimum Gasteiger partial charge on any atom is -0.444 e. The highest BCUT2D eigenvalue weighted by Crippen LogP contribution is 2.05. The largest absolute Gasteiger partial charge is 0.444 e. The Kier molecular flexibility index (Phi) is 7.91. The van der Waals surface area contributed by atoms with Gasteiger partial charge in [-0.1, -0.05) is 6.92 Å². The fourth-order valence-electron chi connectivity index (χ4n) is 1.22. The Balaban J connectivity index is 3.49. The Morgan fingerprint density at radius 2 is 1.94 bits per heavy atom. The molecule has 5 heteroatoms. The van der Waals surface area contributed by atoms with Crippen LogP contribution in [-0.2, 0) is 9.47 Å². The van der Waals surface area contributed by atoms with Gasteiger partial charge in [-0.25, -0.2) is 4.79 Å². The summed E-state index contributed by atoms with van der Waals surface area (Å²) < 4.78 is 10.3. The van der Waals surface area contributed by atoms with Crippen LogP contribution in [0.5, 0.6) is 0 Å². The minimum absolute atomic E-state index is 0.233. The van der Waals surface area contributed by atoms with Crippen LogP contribution < -0.4 is 10.6 Å². The molecule has 1 unspecified atom stereocenters. The average molecular weight is 246 g/mol. The van der Waals surface area contributed by atoms with Crippen LogP contribution in [-0.4, -0.2) is 44.5 Å². The number of rotatable bonds is 7. The van der Waals surface area contributed by atoms with Crippen molar-refractivity contribution in [3.8, 4) is 0 Å². The van der Waals surface area contributed by atoms with Gasteiger partial charge in [0.2, 0.25) is 0 Å². The van der Waals surface area contributed by atoms with Gasteiger partial charge in [-0.15, -0.1) is 0 Å². The SMILES string of the molecule is CCC(CNCCNC(=O)OC(C)(C)C)OC. The first-order valence-corrected chi connectivity index (χ1v) is 6.09. The van der Waals surface area contributed by atoms with Gasteiger partial charge in [0.15, 0.2) is 0 Å². The van der Waals surface area contributed by atoms with Gasteiger partial charge in [0.05, 0.1) is 6.10 Å². The summed E-state index contributed by atoms with van der Waals surface area (Å²) in [6.45, 7) is 9.66. The molecule has 0 aromatic carbocycles. The van der Waals surface area contributed by atoms with Crippen molar-refractivity contribution in [3.05, 3.63) is 0 Å². The molecule has 0 saturated heterocycles. The van der Waals surface area contributed by atoms with E-state index in [0.29, 0.717) is 13.1 Å². The molecule has 0 rings (SSSR count). The Morgan fingerprint density at radius 1 is 1.29 bits per heavy atom. The number of hydrogen-bond donors (Lipinski definition) is 2. The van der Waals surface area contributed by atoms with E-state index in [-0.39, 0.29) is 12.2 Å². The lowest BCUT2D eigenvalue weighted by Gasteiger charge is -2.20. The van der Waals surface area contributed by atoms with E-state index in [1.807, 2.05) is 20.8 Å². The number of carbonyl (C=O) groups is 1. The number of methoxy groups -OCH3 is 1. The van der Waals surface area contributed by atoms with Gasteiger partial charge in [-0.2, -0.15) is 0 Å². The molecule has 0 heterocycles. The van der Waals surface area contributed by atoms with Crippen molar-refractivity contribution in [2.75, 3.05) is 26.7 Å². The molecule has 0 aliphatic rings. The summed E-state index contributed by atoms with van der Waals surface area (Å²) in [5.41, 5.74) is -0.444. The van der Waals surface area contributed by atoms with E-state index >= 15 is 0 Å². The van der Waals surface area contributed by atoms with Crippen LogP contribution in [0.4, 0.5) is 4.79 Å². The van der Waals surface area contributed by atoms with Crippen LogP contribution in [0.1, 0.15) is 34.1 Å². The van der Waals surface area contributed by atoms with Crippen molar-refractivity contribution in [3.63, 3.8) is 0 Å². The Labute approximate surface area is 104 Å². The first-order valence-electron chi connectivity index (χ1n) is 6.09. The van der Waals surface area contributed by atoms with Gasteiger partial charge < -0.3 is 20.1 Å². The van der Waals surface area contributed by atoms with Crippen LogP contribution >= 0.6 is 0 Å². The summed E-state index contributed by atoms with van der Waals surface area (Å²) >= 11 is 0. The Morgan fingerprint density at radius 3 is 2.41 bits per heavy atom. The van der Waals surface area contributed by atoms with Crippen LogP contribution in [0.3, 0.4) is 0 Å². The van der Waals surface area contributed by atoms with Crippen molar-refractivity contribution in [2.24, 2.45) is 0 Å². The molecule has 0 aliphatic carbocycles. The lowest BCUT2D eigenvalue weighted by molar-refractivity contribution is 0.0527. The summed E-state index contributed by atoms with van der Waals surface area (Å²) in [7, 11) is 1.70. The Bertz CT molecular complexity index is 210. The molecule has 0 bridgehead atoms. The van der Waals surface area contributed by atoms with E-state index in [4.69, 9.17) is 9.47 Å². The number of amides is 1. The predicted molar refractivity (Wildman–Crippen MR) is 68.2 cm³/mol. The standard InChI is InChI=1S/C12H26N2O3/c1-6-10(16-5)9-13-7-8-14-11(15)17-12(2,3)4/h10,13H,6-9H2,1-5H3,(H,14,15). The van der Waals surface area contributed by atoms with Crippen molar-refractivity contribution in [2.45, 2.75) is 45.8 Å². The summed E-state index contributed by atoms with van der Waals surface area (Å²) in [4.78, 5) is 11.3. The van der Waals surface area contributed by atoms with Gasteiger partial charge in [0.1, 0.15) is 5.60 Å². The average Bonchev–Trinajstić information content (AvgIpc) is 2.21. The first kappa shape index (κ1) is 16.2. The van der Waals surface area contributed by atoms with E-state index in [1.165, 1.54) is 0 Å². The maximum atomic E-state index is 11.3. The number of nitrogens with one attached hydrogen (secondary N) is 2. The molecular formula is C12H26N2O3. The summed E-state index contributed by atoms with van der Waals surface area (Å²) in [5.74, 6) is 0. The zero-order valence-corrected chi connectivity index (χ0v) is 11.6. The van der Waals surface area contributed by atoms with Gasteiger partial charge in [0.25, 0.3) is 0 Å². The van der Waals surface area contributed by atoms with Gasteiger partial charge in [-0.3, -0.25) is 0 Å². The fourth-order valence-corrected chi connectivity index (χ4v) is 1.22. The summed E-state index contributed by atoms with van der Waals surface area (Å²) in [6, 6.07) is 0. The van der Waals surface area contributed by atoms with Crippen LogP contribution in [0.25, 0.3) is 0 Å². The summed E-state index contributed by atoms with van der Waals surface area (Å²) in [5, 5.41) is 5.89. The smallest absolute Gasteiger partial charge is 0.407 e. The van der Waals surface area contributed by atoms with Gasteiger partial charge in [0, 0.05) is 26.7 Å². The molecule has 5 nitrogen and oxygen atoms in total. The molecule has 2 N–H and O–H groups in total. The zero-order chi connectivity index (χ0) is 13.3. The van der Waals surface area contributed by atoms with Gasteiger partial charge >= 0.3 is 6.09 Å². The molecule has 1 atom stereocenters. The topological polar surface area (TPSA) is 59.6 Å². The maximum absolute atomic E-state index is 11.3. The molecule has 0 saturated carbocycles. The highest BCUT2D eigenvalue weighted by Gasteiger charge is 2.15. The maximum Gasteiger partial charge on any atom is 0.407 e. The van der Waals surface area contributed by atoms with E-state index in [0.717, 1.165) is 13.0 Å². The molecule has 102 valence electrons. The molecule has 0 aromatic heterocycles. The van der Waals surface area contributed by atoms with Crippen molar-refractivity contribution < 1.29 is 14.3 Å². The highest BCUT2D eigenvalue weighted by atomic mass is 16.6. The fraction of sp³-hybridized carbons (Fsp3) is 0.917. The third-order valence-electron chi connectivity index (χ3n) is 2.13. The molecular weight excluding hydrogens is 220 g/mol. The normalized spacial score (nSPS) is 13.2. The molecule has 0 aromatic rings. The second kappa shape index (κ2) is 8.31. The molecule has 0 radical (unpaired) electrons. The van der Waals surface area contributed by atoms with E-state index in [1.54, 1.807) is 7.11 Å². The predicted octanol–water partition coefficient (Wildman–Crippen LogP) is 1.53. The van der Waals surface area contributed by atoms with E-state index in [9.17, 15) is 4.79 Å². The summed E-state index contributed by atoms with van der Waals surface area (Å²) in [6.07, 6.45) is 0.831. The number of carbonyl (C=O) groups excluding carboxylic acids is 1. The lowest BCUT2D eigenvalue weighted by Crippen LogP contribution is -2.38. The van der Waals surface area contributed by atoms with Crippen molar-refractivity contribution in [1.29, 1.82) is 0 Å². The first-order chi connectivity index (χ1) is 7.89. The number of alkyl carbamates (subject to hydrolysis) is 1. The zero-order valence-electron chi connectivity index (χ0n) is 11.6. The van der Waals surface area contributed by atoms with Crippen LogP contribution in [0, 0.1) is 0 Å².